The number of hydrogen-bond acceptors (Lipinski definition) is 3. The van der Waals surface area contributed by atoms with E-state index in [1.165, 1.54) is 4.88 Å². The first-order chi connectivity index (χ1) is 8.60. The predicted octanol–water partition coefficient (Wildman–Crippen LogP) is 4.55. The average Bonchev–Trinajstić information content (AvgIpc) is 2.75. The van der Waals surface area contributed by atoms with Crippen molar-refractivity contribution in [2.75, 3.05) is 6.54 Å². The van der Waals surface area contributed by atoms with Crippen LogP contribution in [0.15, 0.2) is 34.8 Å². The molecule has 0 aliphatic heterocycles. The Hall–Kier alpha value is -0.550. The van der Waals surface area contributed by atoms with Gasteiger partial charge in [0.1, 0.15) is 11.9 Å². The van der Waals surface area contributed by atoms with Crippen LogP contribution in [0.4, 0.5) is 0 Å². The van der Waals surface area contributed by atoms with E-state index < -0.39 is 0 Å². The van der Waals surface area contributed by atoms with Gasteiger partial charge < -0.3 is 10.5 Å². The smallest absolute Gasteiger partial charge is 0.145 e. The average molecular weight is 347 g/mol. The topological polar surface area (TPSA) is 35.2 Å². The summed E-state index contributed by atoms with van der Waals surface area (Å²) < 4.78 is 6.76. The molecule has 5 heteroatoms. The molecule has 2 aromatic rings. The van der Waals surface area contributed by atoms with Crippen molar-refractivity contribution in [1.82, 2.24) is 0 Å². The third kappa shape index (κ3) is 3.26. The summed E-state index contributed by atoms with van der Waals surface area (Å²) >= 11 is 11.0. The lowest BCUT2D eigenvalue weighted by molar-refractivity contribution is 0.216. The van der Waals surface area contributed by atoms with Gasteiger partial charge in [0.2, 0.25) is 0 Å². The van der Waals surface area contributed by atoms with Crippen LogP contribution in [0, 0.1) is 6.92 Å². The highest BCUT2D eigenvalue weighted by Crippen LogP contribution is 2.33. The molecule has 1 heterocycles. The summed E-state index contributed by atoms with van der Waals surface area (Å²) in [5.41, 5.74) is 5.78. The highest BCUT2D eigenvalue weighted by Gasteiger charge is 2.15. The van der Waals surface area contributed by atoms with Gasteiger partial charge >= 0.3 is 0 Å². The Balaban J connectivity index is 2.20. The minimum Gasteiger partial charge on any atom is -0.482 e. The maximum atomic E-state index is 5.93. The molecule has 0 bridgehead atoms. The van der Waals surface area contributed by atoms with Crippen molar-refractivity contribution in [2.24, 2.45) is 5.73 Å². The number of ether oxygens (including phenoxy) is 1. The van der Waals surface area contributed by atoms with Gasteiger partial charge in [0, 0.05) is 21.3 Å². The lowest BCUT2D eigenvalue weighted by atomic mass is 10.2. The quantitative estimate of drug-likeness (QED) is 0.881. The number of nitrogens with two attached hydrogens (primary N) is 1. The van der Waals surface area contributed by atoms with E-state index in [1.807, 2.05) is 12.1 Å². The normalized spacial score (nSPS) is 12.4. The van der Waals surface area contributed by atoms with E-state index in [0.717, 1.165) is 15.1 Å². The second-order valence-corrected chi connectivity index (χ2v) is 6.48. The van der Waals surface area contributed by atoms with Crippen LogP contribution in [0.2, 0.25) is 5.02 Å². The van der Waals surface area contributed by atoms with Crippen molar-refractivity contribution in [3.63, 3.8) is 0 Å². The molecule has 1 aromatic carbocycles. The molecular formula is C13H13BrClNOS. The Morgan fingerprint density at radius 3 is 2.72 bits per heavy atom. The first-order valence-corrected chi connectivity index (χ1v) is 7.47. The van der Waals surface area contributed by atoms with Crippen molar-refractivity contribution in [3.8, 4) is 5.75 Å². The van der Waals surface area contributed by atoms with E-state index in [2.05, 4.69) is 35.0 Å². The SMILES string of the molecule is Cc1ccc(C(CN)Oc2ccc(Cl)cc2Br)s1. The molecule has 0 saturated carbocycles. The van der Waals surface area contributed by atoms with E-state index in [0.29, 0.717) is 11.6 Å². The number of rotatable bonds is 4. The Morgan fingerprint density at radius 2 is 2.17 bits per heavy atom. The molecule has 18 heavy (non-hydrogen) atoms. The maximum absolute atomic E-state index is 5.93. The Morgan fingerprint density at radius 1 is 1.39 bits per heavy atom. The summed E-state index contributed by atoms with van der Waals surface area (Å²) in [5.74, 6) is 0.751. The van der Waals surface area contributed by atoms with E-state index in [4.69, 9.17) is 22.1 Å². The van der Waals surface area contributed by atoms with Gasteiger partial charge in [-0.2, -0.15) is 0 Å². The van der Waals surface area contributed by atoms with Gasteiger partial charge in [-0.05, 0) is 53.2 Å². The lowest BCUT2D eigenvalue weighted by Crippen LogP contribution is -2.17. The molecule has 0 radical (unpaired) electrons. The fourth-order valence-electron chi connectivity index (χ4n) is 1.57. The number of thiophene rings is 1. The van der Waals surface area contributed by atoms with E-state index in [9.17, 15) is 0 Å². The summed E-state index contributed by atoms with van der Waals surface area (Å²) in [7, 11) is 0. The predicted molar refractivity (Wildman–Crippen MR) is 80.6 cm³/mol. The monoisotopic (exact) mass is 345 g/mol. The van der Waals surface area contributed by atoms with Gasteiger partial charge in [-0.3, -0.25) is 0 Å². The number of hydrogen-bond donors (Lipinski definition) is 1. The molecule has 2 nitrogen and oxygen atoms in total. The number of halogens is 2. The Bertz CT molecular complexity index is 544. The summed E-state index contributed by atoms with van der Waals surface area (Å²) in [6, 6.07) is 9.58. The highest BCUT2D eigenvalue weighted by atomic mass is 79.9. The fraction of sp³-hybridized carbons (Fsp3) is 0.231. The van der Waals surface area contributed by atoms with Crippen LogP contribution >= 0.6 is 38.9 Å². The first-order valence-electron chi connectivity index (χ1n) is 5.48. The van der Waals surface area contributed by atoms with Crippen LogP contribution in [0.5, 0.6) is 5.75 Å². The summed E-state index contributed by atoms with van der Waals surface area (Å²) in [6.45, 7) is 2.51. The van der Waals surface area contributed by atoms with Crippen molar-refractivity contribution in [1.29, 1.82) is 0 Å². The van der Waals surface area contributed by atoms with Gasteiger partial charge in [-0.25, -0.2) is 0 Å². The molecule has 2 rings (SSSR count). The molecule has 1 unspecified atom stereocenters. The third-order valence-electron chi connectivity index (χ3n) is 2.46. The summed E-state index contributed by atoms with van der Waals surface area (Å²) in [5, 5.41) is 0.672. The molecule has 1 aromatic heterocycles. The second kappa shape index (κ2) is 6.06. The van der Waals surface area contributed by atoms with Crippen LogP contribution < -0.4 is 10.5 Å². The number of aryl methyl sites for hydroxylation is 1. The zero-order valence-corrected chi connectivity index (χ0v) is 13.0. The van der Waals surface area contributed by atoms with Gasteiger partial charge in [0.05, 0.1) is 4.47 Å². The Kier molecular flexibility index (Phi) is 4.67. The van der Waals surface area contributed by atoms with Crippen LogP contribution in [-0.4, -0.2) is 6.54 Å². The van der Waals surface area contributed by atoms with Gasteiger partial charge in [0.25, 0.3) is 0 Å². The molecule has 0 saturated heterocycles. The van der Waals surface area contributed by atoms with Crippen molar-refractivity contribution >= 4 is 38.9 Å². The zero-order valence-electron chi connectivity index (χ0n) is 9.82. The van der Waals surface area contributed by atoms with Crippen molar-refractivity contribution in [3.05, 3.63) is 49.6 Å². The maximum Gasteiger partial charge on any atom is 0.145 e. The molecule has 0 spiro atoms. The summed E-state index contributed by atoms with van der Waals surface area (Å²) in [4.78, 5) is 2.39. The molecule has 0 fully saturated rings. The summed E-state index contributed by atoms with van der Waals surface area (Å²) in [6.07, 6.45) is -0.124. The van der Waals surface area contributed by atoms with Crippen LogP contribution in [0.3, 0.4) is 0 Å². The van der Waals surface area contributed by atoms with Gasteiger partial charge in [-0.1, -0.05) is 11.6 Å². The van der Waals surface area contributed by atoms with Gasteiger partial charge in [0.15, 0.2) is 0 Å². The molecule has 0 amide bonds. The minimum atomic E-state index is -0.124. The molecular weight excluding hydrogens is 334 g/mol. The van der Waals surface area contributed by atoms with Crippen LogP contribution in [-0.2, 0) is 0 Å². The second-order valence-electron chi connectivity index (χ2n) is 3.87. The fourth-order valence-corrected chi connectivity index (χ4v) is 3.27. The zero-order chi connectivity index (χ0) is 13.1. The number of benzene rings is 1. The van der Waals surface area contributed by atoms with Crippen LogP contribution in [0.25, 0.3) is 0 Å². The molecule has 0 aliphatic carbocycles. The van der Waals surface area contributed by atoms with E-state index >= 15 is 0 Å². The van der Waals surface area contributed by atoms with Crippen molar-refractivity contribution in [2.45, 2.75) is 13.0 Å². The first kappa shape index (κ1) is 13.9. The molecule has 0 aliphatic rings. The molecule has 2 N–H and O–H groups in total. The molecule has 96 valence electrons. The van der Waals surface area contributed by atoms with E-state index in [1.54, 1.807) is 17.4 Å². The molecule has 1 atom stereocenters. The Labute approximate surface area is 124 Å². The lowest BCUT2D eigenvalue weighted by Gasteiger charge is -2.17. The van der Waals surface area contributed by atoms with Crippen molar-refractivity contribution < 1.29 is 4.74 Å². The standard InChI is InChI=1S/C13H13BrClNOS/c1-8-2-5-13(18-8)12(7-16)17-11-4-3-9(15)6-10(11)14/h2-6,12H,7,16H2,1H3. The van der Waals surface area contributed by atoms with E-state index in [-0.39, 0.29) is 6.10 Å². The third-order valence-corrected chi connectivity index (χ3v) is 4.40. The highest BCUT2D eigenvalue weighted by molar-refractivity contribution is 9.10. The van der Waals surface area contributed by atoms with Crippen LogP contribution in [0.1, 0.15) is 15.9 Å². The van der Waals surface area contributed by atoms with Gasteiger partial charge in [-0.15, -0.1) is 11.3 Å². The minimum absolute atomic E-state index is 0.124. The largest absolute Gasteiger partial charge is 0.482 e.